The lowest BCUT2D eigenvalue weighted by Gasteiger charge is -2.35. The van der Waals surface area contributed by atoms with E-state index in [1.54, 1.807) is 5.51 Å². The van der Waals surface area contributed by atoms with Gasteiger partial charge in [-0.2, -0.15) is 9.97 Å². The SMILES string of the molecule is C#Cc1c(F)ccc2cc(O)cc(-c3ncc4c(N5CC6CCC(C5)N6)nc(OC[C@@H]5CCCN5CCCOCCC(=O)N[C@H](C(=O)N5C[C@H](O)C[C@H]5C(=O)N[C@@H](CO)c5ccc(-c6scnc6C)cc5)C(C)(C)C)nc4c3F)c12. The summed E-state index contributed by atoms with van der Waals surface area (Å²) in [5, 5.41) is 42.2. The highest BCUT2D eigenvalue weighted by Crippen LogP contribution is 2.40. The minimum atomic E-state index is -1.02. The highest BCUT2D eigenvalue weighted by molar-refractivity contribution is 7.13. The first-order chi connectivity index (χ1) is 38.5. The van der Waals surface area contributed by atoms with Crippen LogP contribution in [0.15, 0.2) is 60.2 Å². The summed E-state index contributed by atoms with van der Waals surface area (Å²) < 4.78 is 44.5. The van der Waals surface area contributed by atoms with E-state index in [4.69, 9.17) is 20.9 Å². The quantitative estimate of drug-likeness (QED) is 0.0394. The Bertz CT molecular complexity index is 3300. The predicted molar refractivity (Wildman–Crippen MR) is 300 cm³/mol. The second kappa shape index (κ2) is 24.0. The number of pyridine rings is 1. The van der Waals surface area contributed by atoms with Crippen molar-refractivity contribution in [2.45, 2.75) is 115 Å². The van der Waals surface area contributed by atoms with Gasteiger partial charge in [0.2, 0.25) is 17.7 Å². The number of ether oxygens (including phenoxy) is 2. The largest absolute Gasteiger partial charge is 0.508 e. The van der Waals surface area contributed by atoms with Crippen LogP contribution in [0.5, 0.6) is 11.8 Å². The first-order valence-corrected chi connectivity index (χ1v) is 28.3. The van der Waals surface area contributed by atoms with E-state index in [1.807, 2.05) is 52.0 Å². The minimum absolute atomic E-state index is 0.00323. The number of piperazine rings is 1. The number of benzene rings is 3. The number of anilines is 1. The molecule has 7 atom stereocenters. The first kappa shape index (κ1) is 56.3. The molecule has 6 aromatic rings. The van der Waals surface area contributed by atoms with Crippen LogP contribution in [0, 0.1) is 36.3 Å². The van der Waals surface area contributed by atoms with Crippen molar-refractivity contribution in [1.82, 2.24) is 45.7 Å². The van der Waals surface area contributed by atoms with E-state index in [-0.39, 0.29) is 96.8 Å². The Labute approximate surface area is 467 Å². The molecule has 18 nitrogen and oxygen atoms in total. The first-order valence-electron chi connectivity index (χ1n) is 27.4. The monoisotopic (exact) mass is 1110 g/mol. The summed E-state index contributed by atoms with van der Waals surface area (Å²) in [4.78, 5) is 66.7. The van der Waals surface area contributed by atoms with Crippen molar-refractivity contribution in [1.29, 1.82) is 0 Å². The van der Waals surface area contributed by atoms with E-state index in [9.17, 15) is 29.7 Å². The molecule has 0 saturated carbocycles. The topological polar surface area (TPSA) is 228 Å². The second-order valence-corrected chi connectivity index (χ2v) is 23.3. The molecule has 3 amide bonds. The number of nitrogens with zero attached hydrogens (tertiary/aromatic N) is 7. The van der Waals surface area contributed by atoms with Gasteiger partial charge < -0.3 is 50.5 Å². The van der Waals surface area contributed by atoms with Gasteiger partial charge in [0, 0.05) is 80.9 Å². The van der Waals surface area contributed by atoms with E-state index in [2.05, 4.69) is 46.6 Å². The standard InChI is InChI=1S/C59H68F2N10O8S/c1-6-42-45(60)17-14-36-23-40(73)24-43(49(36)42)51-50(61)52-44(26-62-51)55(70-27-37-15-16-38(28-70)64-37)68-58(67-52)79-31-39-9-7-19-69(39)20-8-21-78-22-18-48(75)66-54(59(3,4)5)57(77)71-29-41(74)25-47(71)56(76)65-46(30-72)34-10-12-35(13-11-34)53-33(2)63-32-80-53/h1,10-14,17,23-24,26,32,37-39,41,46-47,54,64,72-74H,7-9,15-16,18-22,25,27-31H2,2-5H3,(H,65,76)(H,66,75)/t37?,38?,39-,41+,46-,47-,54+/m0/s1. The number of phenols is 1. The molecule has 10 rings (SSSR count). The van der Waals surface area contributed by atoms with Gasteiger partial charge in [0.15, 0.2) is 5.82 Å². The Morgan fingerprint density at radius 2 is 1.77 bits per heavy atom. The molecular formula is C59H68F2N10O8S. The Morgan fingerprint density at radius 1 is 1.00 bits per heavy atom. The van der Waals surface area contributed by atoms with Crippen molar-refractivity contribution >= 4 is 56.6 Å². The molecule has 3 aromatic carbocycles. The molecule has 0 radical (unpaired) electrons. The average Bonchev–Trinajstić information content (AvgIpc) is 4.36. The summed E-state index contributed by atoms with van der Waals surface area (Å²) in [5.41, 5.74) is 3.44. The van der Waals surface area contributed by atoms with Crippen LogP contribution in [0.3, 0.4) is 0 Å². The number of aliphatic hydroxyl groups is 2. The third-order valence-corrected chi connectivity index (χ3v) is 16.8. The summed E-state index contributed by atoms with van der Waals surface area (Å²) in [6, 6.07) is 10.6. The van der Waals surface area contributed by atoms with Gasteiger partial charge in [-0.05, 0) is 85.7 Å². The summed E-state index contributed by atoms with van der Waals surface area (Å²) in [6.07, 6.45) is 10.8. The molecule has 2 unspecified atom stereocenters. The number of aryl methyl sites for hydroxylation is 1. The van der Waals surface area contributed by atoms with Gasteiger partial charge in [0.1, 0.15) is 47.3 Å². The smallest absolute Gasteiger partial charge is 0.319 e. The van der Waals surface area contributed by atoms with Crippen LogP contribution < -0.4 is 25.6 Å². The van der Waals surface area contributed by atoms with Crippen molar-refractivity contribution in [3.63, 3.8) is 0 Å². The summed E-state index contributed by atoms with van der Waals surface area (Å²) in [7, 11) is 0. The molecule has 4 aliphatic rings. The van der Waals surface area contributed by atoms with Crippen LogP contribution in [0.1, 0.15) is 88.6 Å². The number of fused-ring (bicyclic) bond motifs is 4. The lowest BCUT2D eigenvalue weighted by molar-refractivity contribution is -0.144. The van der Waals surface area contributed by atoms with E-state index >= 15 is 8.78 Å². The fraction of sp³-hybridized carbons (Fsp3) is 0.475. The fourth-order valence-electron chi connectivity index (χ4n) is 11.7. The highest BCUT2D eigenvalue weighted by Gasteiger charge is 2.45. The summed E-state index contributed by atoms with van der Waals surface area (Å²) in [5.74, 6) is -0.136. The van der Waals surface area contributed by atoms with Gasteiger partial charge >= 0.3 is 6.01 Å². The number of carbonyl (C=O) groups is 3. The van der Waals surface area contributed by atoms with Crippen LogP contribution in [-0.2, 0) is 19.1 Å². The van der Waals surface area contributed by atoms with Gasteiger partial charge in [0.05, 0.1) is 52.4 Å². The molecule has 80 heavy (non-hydrogen) atoms. The molecule has 0 aliphatic carbocycles. The third-order valence-electron chi connectivity index (χ3n) is 15.8. The zero-order valence-electron chi connectivity index (χ0n) is 45.4. The Hall–Kier alpha value is -6.93. The van der Waals surface area contributed by atoms with Gasteiger partial charge in [0.25, 0.3) is 0 Å². The zero-order valence-corrected chi connectivity index (χ0v) is 46.2. The van der Waals surface area contributed by atoms with Crippen molar-refractivity contribution < 1.29 is 48.0 Å². The number of halogens is 2. The lowest BCUT2D eigenvalue weighted by atomic mass is 9.85. The van der Waals surface area contributed by atoms with E-state index in [0.717, 1.165) is 48.4 Å². The molecule has 3 aromatic heterocycles. The maximum atomic E-state index is 17.1. The normalized spacial score (nSPS) is 21.0. The van der Waals surface area contributed by atoms with Crippen LogP contribution in [0.25, 0.3) is 43.4 Å². The molecular weight excluding hydrogens is 1050 g/mol. The van der Waals surface area contributed by atoms with E-state index < -0.39 is 59.0 Å². The molecule has 2 bridgehead atoms. The van der Waals surface area contributed by atoms with Crippen molar-refractivity contribution in [3.05, 3.63) is 88.7 Å². The molecule has 4 aliphatic heterocycles. The number of terminal acetylenes is 1. The number of amides is 3. The molecule has 4 saturated heterocycles. The Kier molecular flexibility index (Phi) is 16.9. The number of β-amino-alcohol motifs (C(OH)–C–C–N with tert-alkyl or cyclic N) is 1. The second-order valence-electron chi connectivity index (χ2n) is 22.5. The third kappa shape index (κ3) is 12.1. The Morgan fingerprint density at radius 3 is 2.49 bits per heavy atom. The maximum absolute atomic E-state index is 17.1. The molecule has 7 heterocycles. The number of rotatable bonds is 19. The summed E-state index contributed by atoms with van der Waals surface area (Å²) >= 11 is 1.52. The van der Waals surface area contributed by atoms with Crippen LogP contribution in [0.4, 0.5) is 14.6 Å². The molecule has 422 valence electrons. The molecule has 21 heteroatoms. The van der Waals surface area contributed by atoms with Gasteiger partial charge in [-0.1, -0.05) is 57.0 Å². The number of thiazole rings is 1. The highest BCUT2D eigenvalue weighted by atomic mass is 32.1. The van der Waals surface area contributed by atoms with E-state index in [1.165, 1.54) is 46.7 Å². The number of nitrogens with one attached hydrogen (secondary N) is 3. The lowest BCUT2D eigenvalue weighted by Crippen LogP contribution is -2.58. The minimum Gasteiger partial charge on any atom is -0.508 e. The number of aromatic nitrogens is 4. The number of hydrogen-bond donors (Lipinski definition) is 6. The zero-order chi connectivity index (χ0) is 56.4. The van der Waals surface area contributed by atoms with Crippen LogP contribution >= 0.6 is 11.3 Å². The number of likely N-dealkylation sites (tertiary alicyclic amines) is 2. The van der Waals surface area contributed by atoms with Crippen molar-refractivity contribution in [2.24, 2.45) is 5.41 Å². The molecule has 6 N–H and O–H groups in total. The van der Waals surface area contributed by atoms with Crippen molar-refractivity contribution in [2.75, 3.05) is 64.1 Å². The average molecular weight is 1120 g/mol. The molecule has 0 spiro atoms. The number of carbonyl (C=O) groups excluding carboxylic acids is 3. The number of aliphatic hydroxyl groups excluding tert-OH is 2. The van der Waals surface area contributed by atoms with Gasteiger partial charge in [-0.3, -0.25) is 24.3 Å². The fourth-order valence-corrected chi connectivity index (χ4v) is 12.5. The summed E-state index contributed by atoms with van der Waals surface area (Å²) in [6.45, 7) is 10.5. The van der Waals surface area contributed by atoms with Gasteiger partial charge in [-0.15, -0.1) is 17.8 Å². The van der Waals surface area contributed by atoms with Crippen LogP contribution in [-0.4, -0.2) is 158 Å². The number of phenolic OH excluding ortho intramolecular Hbond substituents is 1. The number of aromatic hydroxyl groups is 1. The van der Waals surface area contributed by atoms with Crippen molar-refractivity contribution in [3.8, 4) is 45.8 Å². The maximum Gasteiger partial charge on any atom is 0.319 e. The van der Waals surface area contributed by atoms with E-state index in [0.29, 0.717) is 54.8 Å². The number of hydrogen-bond acceptors (Lipinski definition) is 16. The predicted octanol–water partition coefficient (Wildman–Crippen LogP) is 6.17. The molecule has 4 fully saturated rings. The van der Waals surface area contributed by atoms with Gasteiger partial charge in [-0.25, -0.2) is 13.8 Å². The Balaban J connectivity index is 0.737. The van der Waals surface area contributed by atoms with Crippen LogP contribution in [0.2, 0.25) is 0 Å².